The Morgan fingerprint density at radius 2 is 1.92 bits per heavy atom. The number of aliphatic imine (C=N–C) groups is 1. The van der Waals surface area contributed by atoms with Gasteiger partial charge in [0.15, 0.2) is 5.96 Å². The number of hydrogen-bond donors (Lipinski definition) is 2. The van der Waals surface area contributed by atoms with E-state index in [0.29, 0.717) is 24.1 Å². The van der Waals surface area contributed by atoms with E-state index in [1.165, 1.54) is 17.0 Å². The summed E-state index contributed by atoms with van der Waals surface area (Å²) in [5.41, 5.74) is 13.2. The largest absolute Gasteiger partial charge is 0.370 e. The van der Waals surface area contributed by atoms with E-state index in [1.807, 2.05) is 12.1 Å². The Labute approximate surface area is 137 Å². The maximum Gasteiger partial charge on any atom is 0.347 e. The molecule has 1 aliphatic heterocycles. The molecule has 0 fully saturated rings. The maximum absolute atomic E-state index is 14.2. The van der Waals surface area contributed by atoms with Crippen molar-refractivity contribution >= 4 is 12.0 Å². The minimum absolute atomic E-state index is 0.262. The predicted octanol–water partition coefficient (Wildman–Crippen LogP) is 2.38. The number of nitrogens with zero attached hydrogens (tertiary/aromatic N) is 2. The van der Waals surface area contributed by atoms with Crippen LogP contribution in [-0.2, 0) is 13.0 Å². The number of guanidine groups is 1. The summed E-state index contributed by atoms with van der Waals surface area (Å²) in [5, 5.41) is 0. The molecule has 4 N–H and O–H groups in total. The molecule has 1 aliphatic rings. The summed E-state index contributed by atoms with van der Waals surface area (Å²) in [4.78, 5) is 17.1. The molecule has 0 unspecified atom stereocenters. The number of amides is 2. The minimum Gasteiger partial charge on any atom is -0.370 e. The van der Waals surface area contributed by atoms with Gasteiger partial charge in [0.25, 0.3) is 0 Å². The molecule has 0 saturated heterocycles. The van der Waals surface area contributed by atoms with Crippen LogP contribution >= 0.6 is 0 Å². The molecular weight excluding hydrogens is 314 g/mol. The van der Waals surface area contributed by atoms with Crippen molar-refractivity contribution in [2.24, 2.45) is 16.5 Å². The lowest BCUT2D eigenvalue weighted by atomic mass is 9.91. The first-order chi connectivity index (χ1) is 11.5. The van der Waals surface area contributed by atoms with Gasteiger partial charge in [-0.15, -0.1) is 0 Å². The molecule has 124 valence electrons. The summed E-state index contributed by atoms with van der Waals surface area (Å²) in [7, 11) is 0. The van der Waals surface area contributed by atoms with Crippen LogP contribution in [0.5, 0.6) is 0 Å². The number of nitrogens with two attached hydrogens (primary N) is 2. The molecule has 2 aromatic carbocycles. The van der Waals surface area contributed by atoms with Crippen molar-refractivity contribution in [1.82, 2.24) is 4.90 Å². The van der Waals surface area contributed by atoms with Crippen LogP contribution in [0.2, 0.25) is 0 Å². The quantitative estimate of drug-likeness (QED) is 0.622. The smallest absolute Gasteiger partial charge is 0.347 e. The van der Waals surface area contributed by atoms with Crippen LogP contribution in [-0.4, -0.2) is 23.4 Å². The number of carbonyl (C=O) groups excluding carboxylic acids is 1. The molecule has 5 nitrogen and oxygen atoms in total. The van der Waals surface area contributed by atoms with Crippen molar-refractivity contribution in [3.63, 3.8) is 0 Å². The van der Waals surface area contributed by atoms with Gasteiger partial charge in [0.2, 0.25) is 0 Å². The van der Waals surface area contributed by atoms with Crippen molar-refractivity contribution in [3.05, 3.63) is 59.2 Å². The maximum atomic E-state index is 14.2. The van der Waals surface area contributed by atoms with E-state index in [1.54, 1.807) is 6.07 Å². The van der Waals surface area contributed by atoms with E-state index in [0.717, 1.165) is 17.2 Å². The summed E-state index contributed by atoms with van der Waals surface area (Å²) in [5.74, 6) is -1.58. The van der Waals surface area contributed by atoms with E-state index in [2.05, 4.69) is 4.99 Å². The summed E-state index contributed by atoms with van der Waals surface area (Å²) < 4.78 is 27.3. The van der Waals surface area contributed by atoms with Gasteiger partial charge in [-0.1, -0.05) is 18.2 Å². The van der Waals surface area contributed by atoms with Crippen LogP contribution in [0.3, 0.4) is 0 Å². The SMILES string of the molecule is NC(N)=NC(=O)N1CCc2cccc(-c3ccc(F)cc3F)c2C1. The Morgan fingerprint density at radius 1 is 1.12 bits per heavy atom. The zero-order chi connectivity index (χ0) is 17.3. The van der Waals surface area contributed by atoms with Crippen molar-refractivity contribution in [2.75, 3.05) is 6.54 Å². The van der Waals surface area contributed by atoms with E-state index in [9.17, 15) is 13.6 Å². The monoisotopic (exact) mass is 330 g/mol. The highest BCUT2D eigenvalue weighted by Gasteiger charge is 2.24. The molecule has 2 aromatic rings. The molecule has 0 aromatic heterocycles. The molecule has 2 amide bonds. The van der Waals surface area contributed by atoms with Crippen molar-refractivity contribution < 1.29 is 13.6 Å². The molecule has 0 atom stereocenters. The number of carbonyl (C=O) groups is 1. The third kappa shape index (κ3) is 3.05. The molecule has 0 saturated carbocycles. The molecular formula is C17H16F2N4O. The van der Waals surface area contributed by atoms with Crippen molar-refractivity contribution in [3.8, 4) is 11.1 Å². The van der Waals surface area contributed by atoms with Crippen LogP contribution in [0, 0.1) is 11.6 Å². The highest BCUT2D eigenvalue weighted by Crippen LogP contribution is 2.32. The summed E-state index contributed by atoms with van der Waals surface area (Å²) >= 11 is 0. The summed E-state index contributed by atoms with van der Waals surface area (Å²) in [6.45, 7) is 0.732. The number of hydrogen-bond acceptors (Lipinski definition) is 1. The molecule has 0 aliphatic carbocycles. The average Bonchev–Trinajstić information content (AvgIpc) is 2.53. The van der Waals surface area contributed by atoms with Gasteiger partial charge >= 0.3 is 6.03 Å². The highest BCUT2D eigenvalue weighted by molar-refractivity contribution is 5.90. The molecule has 0 radical (unpaired) electrons. The van der Waals surface area contributed by atoms with Gasteiger partial charge < -0.3 is 16.4 Å². The van der Waals surface area contributed by atoms with Gasteiger partial charge in [0.1, 0.15) is 11.6 Å². The van der Waals surface area contributed by atoms with Crippen LogP contribution in [0.25, 0.3) is 11.1 Å². The molecule has 3 rings (SSSR count). The van der Waals surface area contributed by atoms with Gasteiger partial charge in [0, 0.05) is 24.7 Å². The van der Waals surface area contributed by atoms with E-state index >= 15 is 0 Å². The van der Waals surface area contributed by atoms with Crippen LogP contribution in [0.1, 0.15) is 11.1 Å². The highest BCUT2D eigenvalue weighted by atomic mass is 19.1. The first-order valence-electron chi connectivity index (χ1n) is 7.40. The lowest BCUT2D eigenvalue weighted by molar-refractivity contribution is 0.203. The molecule has 0 spiro atoms. The standard InChI is InChI=1S/C17H16F2N4O/c18-11-4-5-13(15(19)8-11)12-3-1-2-10-6-7-23(9-14(10)12)17(24)22-16(20)21/h1-5,8H,6-7,9H2,(H4,20,21,22,24). The Balaban J connectivity index is 2.01. The Hall–Kier alpha value is -2.96. The topological polar surface area (TPSA) is 84.7 Å². The van der Waals surface area contributed by atoms with Crippen LogP contribution in [0.15, 0.2) is 41.4 Å². The fourth-order valence-electron chi connectivity index (χ4n) is 2.89. The molecule has 24 heavy (non-hydrogen) atoms. The Bertz CT molecular complexity index is 831. The van der Waals surface area contributed by atoms with Crippen molar-refractivity contribution in [2.45, 2.75) is 13.0 Å². The zero-order valence-corrected chi connectivity index (χ0v) is 12.8. The van der Waals surface area contributed by atoms with E-state index in [4.69, 9.17) is 11.5 Å². The molecule has 7 heteroatoms. The lowest BCUT2D eigenvalue weighted by Crippen LogP contribution is -2.36. The first-order valence-corrected chi connectivity index (χ1v) is 7.40. The van der Waals surface area contributed by atoms with Gasteiger partial charge in [-0.2, -0.15) is 4.99 Å². The average molecular weight is 330 g/mol. The number of fused-ring (bicyclic) bond motifs is 1. The second-order valence-electron chi connectivity index (χ2n) is 5.56. The Morgan fingerprint density at radius 3 is 2.62 bits per heavy atom. The van der Waals surface area contributed by atoms with E-state index in [-0.39, 0.29) is 12.5 Å². The van der Waals surface area contributed by atoms with Crippen molar-refractivity contribution in [1.29, 1.82) is 0 Å². The van der Waals surface area contributed by atoms with Gasteiger partial charge in [-0.3, -0.25) is 0 Å². The fourth-order valence-corrected chi connectivity index (χ4v) is 2.89. The minimum atomic E-state index is -0.643. The fraction of sp³-hybridized carbons (Fsp3) is 0.176. The third-order valence-electron chi connectivity index (χ3n) is 3.99. The molecule has 0 bridgehead atoms. The van der Waals surface area contributed by atoms with Gasteiger partial charge in [-0.25, -0.2) is 13.6 Å². The van der Waals surface area contributed by atoms with E-state index < -0.39 is 17.7 Å². The summed E-state index contributed by atoms with van der Waals surface area (Å²) in [6.07, 6.45) is 0.609. The Kier molecular flexibility index (Phi) is 4.16. The lowest BCUT2D eigenvalue weighted by Gasteiger charge is -2.29. The second kappa shape index (κ2) is 6.27. The van der Waals surface area contributed by atoms with Gasteiger partial charge in [-0.05, 0) is 35.2 Å². The number of rotatable bonds is 1. The predicted molar refractivity (Wildman–Crippen MR) is 87.1 cm³/mol. The van der Waals surface area contributed by atoms with Crippen LogP contribution in [0.4, 0.5) is 13.6 Å². The normalized spacial score (nSPS) is 13.3. The summed E-state index contributed by atoms with van der Waals surface area (Å²) in [6, 6.07) is 8.44. The third-order valence-corrected chi connectivity index (χ3v) is 3.99. The number of halogens is 2. The van der Waals surface area contributed by atoms with Crippen LogP contribution < -0.4 is 11.5 Å². The first kappa shape index (κ1) is 15.9. The number of urea groups is 1. The second-order valence-corrected chi connectivity index (χ2v) is 5.56. The van der Waals surface area contributed by atoms with Gasteiger partial charge in [0.05, 0.1) is 0 Å². The molecule has 1 heterocycles. The zero-order valence-electron chi connectivity index (χ0n) is 12.8. The number of benzene rings is 2.